The van der Waals surface area contributed by atoms with Crippen LogP contribution in [-0.4, -0.2) is 48.2 Å². The van der Waals surface area contributed by atoms with Crippen LogP contribution < -0.4 is 0 Å². The van der Waals surface area contributed by atoms with Crippen molar-refractivity contribution >= 4 is 6.09 Å². The van der Waals surface area contributed by atoms with Crippen molar-refractivity contribution in [3.8, 4) is 0 Å². The van der Waals surface area contributed by atoms with E-state index in [0.29, 0.717) is 6.04 Å². The second-order valence-electron chi connectivity index (χ2n) is 7.24. The van der Waals surface area contributed by atoms with Crippen LogP contribution in [0.3, 0.4) is 0 Å². The highest BCUT2D eigenvalue weighted by Gasteiger charge is 2.35. The molecule has 0 bridgehead atoms. The van der Waals surface area contributed by atoms with Gasteiger partial charge in [0.1, 0.15) is 5.60 Å². The fourth-order valence-corrected chi connectivity index (χ4v) is 2.95. The van der Waals surface area contributed by atoms with Gasteiger partial charge in [0.15, 0.2) is 0 Å². The lowest BCUT2D eigenvalue weighted by molar-refractivity contribution is 0.00155. The fourth-order valence-electron chi connectivity index (χ4n) is 2.95. The predicted octanol–water partition coefficient (Wildman–Crippen LogP) is 3.69. The molecule has 22 heavy (non-hydrogen) atoms. The third-order valence-electron chi connectivity index (χ3n) is 4.12. The highest BCUT2D eigenvalue weighted by molar-refractivity contribution is 5.69. The molecular formula is C18H28N2O2. The monoisotopic (exact) mass is 304 g/mol. The molecule has 0 aliphatic carbocycles. The number of amides is 1. The average molecular weight is 304 g/mol. The van der Waals surface area contributed by atoms with E-state index >= 15 is 0 Å². The van der Waals surface area contributed by atoms with Crippen LogP contribution in [0.15, 0.2) is 30.3 Å². The average Bonchev–Trinajstić information content (AvgIpc) is 2.45. The minimum absolute atomic E-state index is 0.0807. The van der Waals surface area contributed by atoms with E-state index in [1.165, 1.54) is 5.56 Å². The Kier molecular flexibility index (Phi) is 5.12. The Morgan fingerprint density at radius 3 is 2.41 bits per heavy atom. The van der Waals surface area contributed by atoms with Crippen molar-refractivity contribution in [2.45, 2.75) is 51.3 Å². The van der Waals surface area contributed by atoms with E-state index in [1.807, 2.05) is 43.9 Å². The lowest BCUT2D eigenvalue weighted by atomic mass is 9.91. The van der Waals surface area contributed by atoms with Gasteiger partial charge in [0.25, 0.3) is 0 Å². The Labute approximate surface area is 134 Å². The Balaban J connectivity index is 2.21. The number of benzene rings is 1. The third kappa shape index (κ3) is 4.23. The first-order valence-corrected chi connectivity index (χ1v) is 7.99. The van der Waals surface area contributed by atoms with Crippen molar-refractivity contribution in [3.63, 3.8) is 0 Å². The van der Waals surface area contributed by atoms with E-state index in [0.717, 1.165) is 19.4 Å². The number of carbonyl (C=O) groups is 1. The van der Waals surface area contributed by atoms with Crippen LogP contribution in [0.25, 0.3) is 0 Å². The van der Waals surface area contributed by atoms with Crippen LogP contribution >= 0.6 is 0 Å². The van der Waals surface area contributed by atoms with E-state index in [1.54, 1.807) is 0 Å². The number of nitrogens with zero attached hydrogens (tertiary/aromatic N) is 2. The maximum absolute atomic E-state index is 12.6. The number of hydrogen-bond donors (Lipinski definition) is 0. The Morgan fingerprint density at radius 1 is 1.23 bits per heavy atom. The second-order valence-corrected chi connectivity index (χ2v) is 7.24. The number of hydrogen-bond acceptors (Lipinski definition) is 3. The summed E-state index contributed by atoms with van der Waals surface area (Å²) in [5.41, 5.74) is 0.719. The van der Waals surface area contributed by atoms with Gasteiger partial charge < -0.3 is 14.5 Å². The highest BCUT2D eigenvalue weighted by Crippen LogP contribution is 2.33. The number of rotatable bonds is 2. The number of ether oxygens (including phenoxy) is 1. The Morgan fingerprint density at radius 2 is 1.86 bits per heavy atom. The molecule has 1 aromatic rings. The van der Waals surface area contributed by atoms with Gasteiger partial charge in [-0.2, -0.15) is 0 Å². The number of likely N-dealkylation sites (tertiary alicyclic amines) is 1. The summed E-state index contributed by atoms with van der Waals surface area (Å²) in [6.07, 6.45) is 1.71. The lowest BCUT2D eigenvalue weighted by Gasteiger charge is -2.42. The van der Waals surface area contributed by atoms with Crippen LogP contribution in [0, 0.1) is 0 Å². The zero-order valence-electron chi connectivity index (χ0n) is 14.4. The molecule has 1 aliphatic rings. The van der Waals surface area contributed by atoms with Crippen molar-refractivity contribution < 1.29 is 9.53 Å². The molecule has 0 spiro atoms. The Bertz CT molecular complexity index is 494. The summed E-state index contributed by atoms with van der Waals surface area (Å²) in [7, 11) is 4.21. The summed E-state index contributed by atoms with van der Waals surface area (Å²) in [6, 6.07) is 10.8. The van der Waals surface area contributed by atoms with E-state index in [-0.39, 0.29) is 12.1 Å². The first-order chi connectivity index (χ1) is 10.3. The molecule has 2 rings (SSSR count). The Hall–Kier alpha value is -1.55. The molecule has 1 saturated heterocycles. The maximum atomic E-state index is 12.6. The fraction of sp³-hybridized carbons (Fsp3) is 0.611. The molecule has 0 N–H and O–H groups in total. The SMILES string of the molecule is CN(C)C1CCN(C(=O)OC(C)(C)C)C(c2ccccc2)C1. The van der Waals surface area contributed by atoms with Gasteiger partial charge in [0.2, 0.25) is 0 Å². The number of piperidine rings is 1. The normalized spacial score (nSPS) is 22.7. The molecule has 2 atom stereocenters. The molecular weight excluding hydrogens is 276 g/mol. The van der Waals surface area contributed by atoms with Crippen molar-refractivity contribution in [2.24, 2.45) is 0 Å². The molecule has 0 aromatic heterocycles. The predicted molar refractivity (Wildman–Crippen MR) is 88.8 cm³/mol. The molecule has 1 fully saturated rings. The summed E-state index contributed by atoms with van der Waals surface area (Å²) in [6.45, 7) is 6.47. The van der Waals surface area contributed by atoms with Gasteiger partial charge in [0, 0.05) is 12.6 Å². The summed E-state index contributed by atoms with van der Waals surface area (Å²) in [4.78, 5) is 16.7. The highest BCUT2D eigenvalue weighted by atomic mass is 16.6. The number of carbonyl (C=O) groups excluding carboxylic acids is 1. The minimum Gasteiger partial charge on any atom is -0.444 e. The first kappa shape index (κ1) is 16.8. The lowest BCUT2D eigenvalue weighted by Crippen LogP contribution is -2.47. The van der Waals surface area contributed by atoms with Crippen molar-refractivity contribution in [1.82, 2.24) is 9.80 Å². The van der Waals surface area contributed by atoms with Crippen LogP contribution in [-0.2, 0) is 4.74 Å². The third-order valence-corrected chi connectivity index (χ3v) is 4.12. The molecule has 0 saturated carbocycles. The molecule has 4 nitrogen and oxygen atoms in total. The van der Waals surface area contributed by atoms with Crippen molar-refractivity contribution in [1.29, 1.82) is 0 Å². The topological polar surface area (TPSA) is 32.8 Å². The molecule has 2 unspecified atom stereocenters. The van der Waals surface area contributed by atoms with Crippen molar-refractivity contribution in [3.05, 3.63) is 35.9 Å². The molecule has 0 radical (unpaired) electrons. The van der Waals surface area contributed by atoms with E-state index in [4.69, 9.17) is 4.74 Å². The van der Waals surface area contributed by atoms with Crippen LogP contribution in [0.2, 0.25) is 0 Å². The largest absolute Gasteiger partial charge is 0.444 e. The van der Waals surface area contributed by atoms with Crippen LogP contribution in [0.4, 0.5) is 4.79 Å². The standard InChI is InChI=1S/C18H28N2O2/c1-18(2,3)22-17(21)20-12-11-15(19(4)5)13-16(20)14-9-7-6-8-10-14/h6-10,15-16H,11-13H2,1-5H3. The van der Waals surface area contributed by atoms with Crippen LogP contribution in [0.1, 0.15) is 45.2 Å². The van der Waals surface area contributed by atoms with Gasteiger partial charge in [-0.3, -0.25) is 0 Å². The first-order valence-electron chi connectivity index (χ1n) is 7.99. The quantitative estimate of drug-likeness (QED) is 0.835. The summed E-state index contributed by atoms with van der Waals surface area (Å²) in [5, 5.41) is 0. The van der Waals surface area contributed by atoms with E-state index in [9.17, 15) is 4.79 Å². The van der Waals surface area contributed by atoms with Gasteiger partial charge in [-0.1, -0.05) is 30.3 Å². The van der Waals surface area contributed by atoms with Gasteiger partial charge in [-0.05, 0) is 53.3 Å². The molecule has 1 aromatic carbocycles. The smallest absolute Gasteiger partial charge is 0.410 e. The van der Waals surface area contributed by atoms with Gasteiger partial charge >= 0.3 is 6.09 Å². The molecule has 4 heteroatoms. The summed E-state index contributed by atoms with van der Waals surface area (Å²) < 4.78 is 5.60. The van der Waals surface area contributed by atoms with E-state index < -0.39 is 5.60 Å². The van der Waals surface area contributed by atoms with E-state index in [2.05, 4.69) is 31.1 Å². The molecule has 1 heterocycles. The minimum atomic E-state index is -0.462. The summed E-state index contributed by atoms with van der Waals surface area (Å²) in [5.74, 6) is 0. The summed E-state index contributed by atoms with van der Waals surface area (Å²) >= 11 is 0. The zero-order chi connectivity index (χ0) is 16.3. The molecule has 1 aliphatic heterocycles. The van der Waals surface area contributed by atoms with Crippen molar-refractivity contribution in [2.75, 3.05) is 20.6 Å². The zero-order valence-corrected chi connectivity index (χ0v) is 14.4. The molecule has 1 amide bonds. The van der Waals surface area contributed by atoms with Crippen LogP contribution in [0.5, 0.6) is 0 Å². The second kappa shape index (κ2) is 6.69. The molecule has 122 valence electrons. The maximum Gasteiger partial charge on any atom is 0.410 e. The van der Waals surface area contributed by atoms with Gasteiger partial charge in [-0.25, -0.2) is 4.79 Å². The van der Waals surface area contributed by atoms with Gasteiger partial charge in [-0.15, -0.1) is 0 Å². The van der Waals surface area contributed by atoms with Gasteiger partial charge in [0.05, 0.1) is 6.04 Å².